The van der Waals surface area contributed by atoms with E-state index >= 15 is 0 Å². The second kappa shape index (κ2) is 4.77. The molecule has 1 aliphatic carbocycles. The van der Waals surface area contributed by atoms with Crippen LogP contribution in [0.25, 0.3) is 0 Å². The van der Waals surface area contributed by atoms with E-state index in [4.69, 9.17) is 5.11 Å². The number of hydrogen-bond donors (Lipinski definition) is 4. The molecular weight excluding hydrogens is 220 g/mol. The van der Waals surface area contributed by atoms with Crippen molar-refractivity contribution in [3.8, 4) is 0 Å². The van der Waals surface area contributed by atoms with Crippen molar-refractivity contribution in [2.45, 2.75) is 37.8 Å². The molecule has 0 aromatic heterocycles. The molecule has 7 heteroatoms. The van der Waals surface area contributed by atoms with Gasteiger partial charge in [-0.05, 0) is 0 Å². The Labute approximate surface area is 91.3 Å². The van der Waals surface area contributed by atoms with Crippen LogP contribution in [-0.2, 0) is 14.3 Å². The van der Waals surface area contributed by atoms with Gasteiger partial charge in [-0.2, -0.15) is 0 Å². The van der Waals surface area contributed by atoms with Crippen molar-refractivity contribution in [3.63, 3.8) is 0 Å². The normalized spacial score (nSPS) is 39.1. The van der Waals surface area contributed by atoms with Crippen molar-refractivity contribution >= 4 is 11.9 Å². The number of esters is 1. The quantitative estimate of drug-likeness (QED) is 0.411. The number of carbonyl (C=O) groups excluding carboxylic acids is 1. The van der Waals surface area contributed by atoms with Crippen LogP contribution >= 0.6 is 0 Å². The van der Waals surface area contributed by atoms with E-state index in [9.17, 15) is 24.9 Å². The standard InChI is InChI=1S/C9H14O7/c1-3(10)16-5-2-4(9(14)15)6(11)8(13)7(5)12/h4-8,11-13H,2H2,1H3,(H,14,15)/t4?,5-,6-,7?,8?/m1/s1. The zero-order valence-corrected chi connectivity index (χ0v) is 8.61. The molecule has 0 aromatic carbocycles. The predicted octanol–water partition coefficient (Wildman–Crippen LogP) is -1.89. The third-order valence-corrected chi connectivity index (χ3v) is 2.61. The summed E-state index contributed by atoms with van der Waals surface area (Å²) in [5, 5.41) is 37.0. The molecule has 0 amide bonds. The second-order valence-corrected chi connectivity index (χ2v) is 3.80. The molecule has 0 spiro atoms. The van der Waals surface area contributed by atoms with Crippen molar-refractivity contribution in [1.29, 1.82) is 0 Å². The lowest BCUT2D eigenvalue weighted by Gasteiger charge is -2.37. The summed E-state index contributed by atoms with van der Waals surface area (Å²) in [5.74, 6) is -3.25. The summed E-state index contributed by atoms with van der Waals surface area (Å²) in [6, 6.07) is 0. The third kappa shape index (κ3) is 2.49. The van der Waals surface area contributed by atoms with Crippen LogP contribution in [0.3, 0.4) is 0 Å². The van der Waals surface area contributed by atoms with Gasteiger partial charge in [-0.15, -0.1) is 0 Å². The van der Waals surface area contributed by atoms with Crippen molar-refractivity contribution in [1.82, 2.24) is 0 Å². The maximum absolute atomic E-state index is 10.8. The number of ether oxygens (including phenoxy) is 1. The summed E-state index contributed by atoms with van der Waals surface area (Å²) in [5.41, 5.74) is 0. The van der Waals surface area contributed by atoms with Gasteiger partial charge in [-0.3, -0.25) is 9.59 Å². The van der Waals surface area contributed by atoms with E-state index in [1.165, 1.54) is 0 Å². The van der Waals surface area contributed by atoms with E-state index in [2.05, 4.69) is 4.74 Å². The molecule has 7 nitrogen and oxygen atoms in total. The Bertz CT molecular complexity index is 288. The highest BCUT2D eigenvalue weighted by molar-refractivity contribution is 5.71. The fourth-order valence-corrected chi connectivity index (χ4v) is 1.77. The molecular formula is C9H14O7. The van der Waals surface area contributed by atoms with Gasteiger partial charge in [0.1, 0.15) is 18.3 Å². The molecule has 1 fully saturated rings. The van der Waals surface area contributed by atoms with Gasteiger partial charge in [0, 0.05) is 13.3 Å². The minimum atomic E-state index is -1.64. The monoisotopic (exact) mass is 234 g/mol. The summed E-state index contributed by atoms with van der Waals surface area (Å²) >= 11 is 0. The third-order valence-electron chi connectivity index (χ3n) is 2.61. The van der Waals surface area contributed by atoms with E-state index in [0.29, 0.717) is 0 Å². The maximum Gasteiger partial charge on any atom is 0.309 e. The van der Waals surface area contributed by atoms with Crippen molar-refractivity contribution in [2.75, 3.05) is 0 Å². The summed E-state index contributed by atoms with van der Waals surface area (Å²) in [6.07, 6.45) is -6.03. The molecule has 0 heterocycles. The Kier molecular flexibility index (Phi) is 3.84. The van der Waals surface area contributed by atoms with Gasteiger partial charge >= 0.3 is 11.9 Å². The van der Waals surface area contributed by atoms with E-state index in [0.717, 1.165) is 6.92 Å². The Morgan fingerprint density at radius 3 is 2.12 bits per heavy atom. The maximum atomic E-state index is 10.8. The lowest BCUT2D eigenvalue weighted by atomic mass is 9.81. The van der Waals surface area contributed by atoms with Crippen LogP contribution in [0.15, 0.2) is 0 Å². The summed E-state index contributed by atoms with van der Waals surface area (Å²) in [4.78, 5) is 21.5. The highest BCUT2D eigenvalue weighted by Gasteiger charge is 2.47. The van der Waals surface area contributed by atoms with Crippen LogP contribution in [0, 0.1) is 5.92 Å². The zero-order chi connectivity index (χ0) is 12.5. The van der Waals surface area contributed by atoms with Crippen LogP contribution in [-0.4, -0.2) is 56.8 Å². The lowest BCUT2D eigenvalue weighted by Crippen LogP contribution is -2.56. The van der Waals surface area contributed by atoms with Gasteiger partial charge in [0.25, 0.3) is 0 Å². The van der Waals surface area contributed by atoms with Gasteiger partial charge < -0.3 is 25.2 Å². The number of hydrogen-bond acceptors (Lipinski definition) is 6. The van der Waals surface area contributed by atoms with Crippen LogP contribution in [0.2, 0.25) is 0 Å². The highest BCUT2D eigenvalue weighted by atomic mass is 16.6. The van der Waals surface area contributed by atoms with Gasteiger partial charge in [0.05, 0.1) is 12.0 Å². The molecule has 0 aliphatic heterocycles. The molecule has 0 radical (unpaired) electrons. The zero-order valence-electron chi connectivity index (χ0n) is 8.61. The number of aliphatic hydroxyl groups is 3. The van der Waals surface area contributed by atoms with E-state index in [-0.39, 0.29) is 6.42 Å². The Balaban J connectivity index is 2.80. The van der Waals surface area contributed by atoms with Crippen LogP contribution in [0.5, 0.6) is 0 Å². The van der Waals surface area contributed by atoms with Gasteiger partial charge in [0.2, 0.25) is 0 Å². The van der Waals surface area contributed by atoms with E-state index in [1.807, 2.05) is 0 Å². The number of aliphatic hydroxyl groups excluding tert-OH is 3. The number of rotatable bonds is 2. The highest BCUT2D eigenvalue weighted by Crippen LogP contribution is 2.28. The number of aliphatic carboxylic acids is 1. The molecule has 1 aliphatic rings. The second-order valence-electron chi connectivity index (χ2n) is 3.80. The van der Waals surface area contributed by atoms with Crippen LogP contribution in [0.4, 0.5) is 0 Å². The van der Waals surface area contributed by atoms with Crippen LogP contribution in [0.1, 0.15) is 13.3 Å². The first kappa shape index (κ1) is 12.9. The Morgan fingerprint density at radius 2 is 1.69 bits per heavy atom. The largest absolute Gasteiger partial charge is 0.481 e. The lowest BCUT2D eigenvalue weighted by molar-refractivity contribution is -0.192. The molecule has 1 rings (SSSR count). The Morgan fingerprint density at radius 1 is 1.12 bits per heavy atom. The Hall–Kier alpha value is -1.18. The van der Waals surface area contributed by atoms with Crippen molar-refractivity contribution in [3.05, 3.63) is 0 Å². The molecule has 3 unspecified atom stereocenters. The van der Waals surface area contributed by atoms with Gasteiger partial charge in [-0.25, -0.2) is 0 Å². The van der Waals surface area contributed by atoms with Gasteiger partial charge in [-0.1, -0.05) is 0 Å². The first-order chi connectivity index (χ1) is 7.34. The first-order valence-electron chi connectivity index (χ1n) is 4.78. The summed E-state index contributed by atoms with van der Waals surface area (Å²) in [6.45, 7) is 1.11. The predicted molar refractivity (Wildman–Crippen MR) is 49.3 cm³/mol. The number of carbonyl (C=O) groups is 2. The van der Waals surface area contributed by atoms with Crippen molar-refractivity contribution < 1.29 is 34.8 Å². The summed E-state index contributed by atoms with van der Waals surface area (Å²) in [7, 11) is 0. The van der Waals surface area contributed by atoms with Crippen molar-refractivity contribution in [2.24, 2.45) is 5.92 Å². The molecule has 4 N–H and O–H groups in total. The molecule has 0 aromatic rings. The molecule has 0 bridgehead atoms. The minimum Gasteiger partial charge on any atom is -0.481 e. The molecule has 92 valence electrons. The average molecular weight is 234 g/mol. The molecule has 5 atom stereocenters. The number of carboxylic acid groups (broad SMARTS) is 1. The smallest absolute Gasteiger partial charge is 0.309 e. The van der Waals surface area contributed by atoms with Crippen LogP contribution < -0.4 is 0 Å². The number of carboxylic acids is 1. The van der Waals surface area contributed by atoms with E-state index < -0.39 is 42.3 Å². The molecule has 0 saturated heterocycles. The van der Waals surface area contributed by atoms with Gasteiger partial charge in [0.15, 0.2) is 0 Å². The fourth-order valence-electron chi connectivity index (χ4n) is 1.77. The SMILES string of the molecule is CC(=O)O[C@@H]1CC(C(=O)O)[C@@H](O)C(O)C1O. The topological polar surface area (TPSA) is 124 Å². The first-order valence-corrected chi connectivity index (χ1v) is 4.78. The fraction of sp³-hybridized carbons (Fsp3) is 0.778. The molecule has 16 heavy (non-hydrogen) atoms. The molecule has 1 saturated carbocycles. The minimum absolute atomic E-state index is 0.228. The average Bonchev–Trinajstić information content (AvgIpc) is 2.18. The van der Waals surface area contributed by atoms with E-state index in [1.54, 1.807) is 0 Å². The summed E-state index contributed by atoms with van der Waals surface area (Å²) < 4.78 is 4.68.